The van der Waals surface area contributed by atoms with Gasteiger partial charge in [0.05, 0.1) is 0 Å². The van der Waals surface area contributed by atoms with E-state index in [0.717, 1.165) is 55.9 Å². The minimum atomic E-state index is -0.367. The van der Waals surface area contributed by atoms with Gasteiger partial charge in [0.15, 0.2) is 0 Å². The van der Waals surface area contributed by atoms with E-state index in [-0.39, 0.29) is 61.0 Å². The van der Waals surface area contributed by atoms with Gasteiger partial charge in [-0.25, -0.2) is 4.98 Å². The first-order chi connectivity index (χ1) is 35.2. The Morgan fingerprint density at radius 3 is 1.49 bits per heavy atom. The molecule has 5 nitrogen and oxygen atoms in total. The summed E-state index contributed by atoms with van der Waals surface area (Å²) in [7, 11) is 0. The molecule has 0 atom stereocenters. The van der Waals surface area contributed by atoms with Crippen molar-refractivity contribution in [2.24, 2.45) is 0 Å². The summed E-state index contributed by atoms with van der Waals surface area (Å²) in [6, 6.07) is 63.2. The molecule has 7 aromatic carbocycles. The second-order valence-electron chi connectivity index (χ2n) is 26.1. The third kappa shape index (κ3) is 10.8. The minimum absolute atomic E-state index is 0. The van der Waals surface area contributed by atoms with E-state index in [1.54, 1.807) is 0 Å². The maximum atomic E-state index is 7.04. The molecule has 0 spiro atoms. The molecular formula is C71H78N4OPt. The first kappa shape index (κ1) is 56.8. The van der Waals surface area contributed by atoms with Gasteiger partial charge in [0.25, 0.3) is 0 Å². The van der Waals surface area contributed by atoms with Crippen LogP contribution < -0.4 is 14.5 Å². The van der Waals surface area contributed by atoms with Gasteiger partial charge in [0.1, 0.15) is 5.82 Å². The van der Waals surface area contributed by atoms with Crippen molar-refractivity contribution >= 4 is 44.6 Å². The van der Waals surface area contributed by atoms with Gasteiger partial charge in [-0.3, -0.25) is 0 Å². The van der Waals surface area contributed by atoms with Crippen molar-refractivity contribution in [3.05, 3.63) is 229 Å². The number of ether oxygens (including phenoxy) is 1. The van der Waals surface area contributed by atoms with Gasteiger partial charge in [-0.1, -0.05) is 201 Å². The van der Waals surface area contributed by atoms with E-state index in [2.05, 4.69) is 290 Å². The van der Waals surface area contributed by atoms with Crippen LogP contribution >= 0.6 is 0 Å². The van der Waals surface area contributed by atoms with Crippen molar-refractivity contribution < 1.29 is 25.8 Å². The van der Waals surface area contributed by atoms with Crippen molar-refractivity contribution in [3.63, 3.8) is 0 Å². The molecule has 3 heterocycles. The van der Waals surface area contributed by atoms with E-state index >= 15 is 0 Å². The van der Waals surface area contributed by atoms with Crippen molar-refractivity contribution in [1.29, 1.82) is 0 Å². The number of nitrogens with zero attached hydrogens (tertiary/aromatic N) is 4. The Bertz CT molecular complexity index is 3560. The van der Waals surface area contributed by atoms with E-state index in [0.29, 0.717) is 11.5 Å². The third-order valence-electron chi connectivity index (χ3n) is 15.7. The van der Waals surface area contributed by atoms with Crippen LogP contribution in [-0.4, -0.2) is 9.55 Å². The summed E-state index contributed by atoms with van der Waals surface area (Å²) in [6.45, 7) is 39.2. The normalized spacial score (nSPS) is 13.4. The molecule has 6 heteroatoms. The van der Waals surface area contributed by atoms with Crippen LogP contribution in [0.25, 0.3) is 27.6 Å². The molecule has 1 aliphatic rings. The summed E-state index contributed by atoms with van der Waals surface area (Å²) in [5.74, 6) is 2.08. The van der Waals surface area contributed by atoms with Crippen LogP contribution in [0.2, 0.25) is 0 Å². The molecule has 0 N–H and O–H groups in total. The smallest absolute Gasteiger partial charge is 0.509 e. The number of rotatable bonds is 9. The molecular weight excluding hydrogens is 1120 g/mol. The van der Waals surface area contributed by atoms with Crippen molar-refractivity contribution in [2.75, 3.05) is 9.80 Å². The monoisotopic (exact) mass is 1200 g/mol. The van der Waals surface area contributed by atoms with E-state index in [9.17, 15) is 0 Å². The Morgan fingerprint density at radius 1 is 0.442 bits per heavy atom. The number of fused-ring (bicyclic) bond motifs is 4. The summed E-state index contributed by atoms with van der Waals surface area (Å²) in [6.07, 6.45) is 1.92. The molecule has 0 aliphatic carbocycles. The van der Waals surface area contributed by atoms with Gasteiger partial charge < -0.3 is 26.5 Å². The predicted molar refractivity (Wildman–Crippen MR) is 323 cm³/mol. The average Bonchev–Trinajstić information content (AvgIpc) is 3.92. The fourth-order valence-electron chi connectivity index (χ4n) is 10.7. The molecule has 0 bridgehead atoms. The van der Waals surface area contributed by atoms with Crippen LogP contribution in [0.15, 0.2) is 158 Å². The zero-order chi connectivity index (χ0) is 53.6. The van der Waals surface area contributed by atoms with E-state index < -0.39 is 0 Å². The molecule has 0 amide bonds. The molecule has 9 aromatic rings. The largest absolute Gasteiger partial charge is 4.00 e. The summed E-state index contributed by atoms with van der Waals surface area (Å²) < 4.78 is 9.26. The molecule has 398 valence electrons. The maximum Gasteiger partial charge on any atom is 4.00 e. The number of para-hydroxylation sites is 1. The zero-order valence-electron chi connectivity index (χ0n) is 48.6. The standard InChI is InChI=1S/C70H75N4O.CH3.Pt/c1-65(2,3)48-33-34-71-64(40-48)74-60-30-24-23-29-56(60)57-32-31-54(42-61(57)74)75-55-39-51(68(10,11)12)38-53(41-55)73-45-72(52-36-49(66(4,5)6)35-50(37-52)67(7,8)9)62-43-58(69(13,14)46-25-19-17-20-26-46)59(44-63(62)73)70(15,16)47-27-21-18-22-28-47;;/h17-40,43-45H,1-16H3;1H3;/q-3;-1;+4. The Balaban J connectivity index is 0.00000392. The topological polar surface area (TPSA) is 33.5 Å². The molecule has 77 heavy (non-hydrogen) atoms. The molecule has 0 saturated carbocycles. The number of aromatic nitrogens is 2. The van der Waals surface area contributed by atoms with Gasteiger partial charge in [-0.15, -0.1) is 53.6 Å². The van der Waals surface area contributed by atoms with Crippen LogP contribution in [0, 0.1) is 26.2 Å². The second-order valence-corrected chi connectivity index (χ2v) is 26.1. The van der Waals surface area contributed by atoms with Gasteiger partial charge >= 0.3 is 21.1 Å². The van der Waals surface area contributed by atoms with Crippen LogP contribution in [-0.2, 0) is 53.6 Å². The molecule has 10 rings (SSSR count). The number of anilines is 4. The van der Waals surface area contributed by atoms with Crippen molar-refractivity contribution in [3.8, 4) is 17.3 Å². The number of hydrogen-bond donors (Lipinski definition) is 0. The maximum absolute atomic E-state index is 7.04. The van der Waals surface area contributed by atoms with E-state index in [1.165, 1.54) is 38.9 Å². The Labute approximate surface area is 476 Å². The summed E-state index contributed by atoms with van der Waals surface area (Å²) in [5, 5.41) is 2.23. The Kier molecular flexibility index (Phi) is 15.1. The van der Waals surface area contributed by atoms with Gasteiger partial charge in [-0.2, -0.15) is 6.07 Å². The van der Waals surface area contributed by atoms with Gasteiger partial charge in [0.2, 0.25) is 0 Å². The minimum Gasteiger partial charge on any atom is -0.509 e. The molecule has 0 radical (unpaired) electrons. The van der Waals surface area contributed by atoms with Crippen LogP contribution in [0.3, 0.4) is 0 Å². The van der Waals surface area contributed by atoms with Gasteiger partial charge in [-0.05, 0) is 108 Å². The SMILES string of the molecule is CC(C)(C)c1cc(Oc2[c-]c3c(cc2)c2ccccc2n3-c2cc(C(C)(C)C)ccn2)[c-]c(N2[CH-]N(c3cc(C(C)(C)C)cc(C(C)(C)C)c3)c3cc(C(C)(C)c4ccccc4)c(C(C)(C)c4ccccc4)cc32)c1.[CH3-].[Pt+4]. The number of benzene rings is 7. The Hall–Kier alpha value is -6.42. The number of pyridine rings is 1. The fraction of sp³-hybridized carbons (Fsp3) is 0.310. The average molecular weight is 1200 g/mol. The van der Waals surface area contributed by atoms with Crippen molar-refractivity contribution in [2.45, 2.75) is 143 Å². The first-order valence-electron chi connectivity index (χ1n) is 26.8. The third-order valence-corrected chi connectivity index (χ3v) is 15.7. The van der Waals surface area contributed by atoms with Gasteiger partial charge in [0, 0.05) is 51.1 Å². The summed E-state index contributed by atoms with van der Waals surface area (Å²) in [5.41, 5.74) is 15.1. The fourth-order valence-corrected chi connectivity index (χ4v) is 10.7. The Morgan fingerprint density at radius 2 is 0.948 bits per heavy atom. The molecule has 0 unspecified atom stereocenters. The molecule has 0 saturated heterocycles. The quantitative estimate of drug-likeness (QED) is 0.135. The van der Waals surface area contributed by atoms with Crippen LogP contribution in [0.4, 0.5) is 22.7 Å². The first-order valence-corrected chi connectivity index (χ1v) is 26.8. The molecule has 0 fully saturated rings. The van der Waals surface area contributed by atoms with E-state index in [1.807, 2.05) is 12.3 Å². The molecule has 1 aliphatic heterocycles. The zero-order valence-corrected chi connectivity index (χ0v) is 50.9. The summed E-state index contributed by atoms with van der Waals surface area (Å²) >= 11 is 0. The molecule has 2 aromatic heterocycles. The summed E-state index contributed by atoms with van der Waals surface area (Å²) in [4.78, 5) is 9.71. The second kappa shape index (κ2) is 20.4. The number of hydrogen-bond acceptors (Lipinski definition) is 4. The predicted octanol–water partition coefficient (Wildman–Crippen LogP) is 19.3. The van der Waals surface area contributed by atoms with Crippen LogP contribution in [0.1, 0.15) is 155 Å². The van der Waals surface area contributed by atoms with Crippen molar-refractivity contribution in [1.82, 2.24) is 9.55 Å². The van der Waals surface area contributed by atoms with Crippen LogP contribution in [0.5, 0.6) is 11.5 Å². The van der Waals surface area contributed by atoms with E-state index in [4.69, 9.17) is 9.72 Å².